The number of carbonyl (C=O) groups excluding carboxylic acids is 1. The van der Waals surface area contributed by atoms with Crippen LogP contribution in [0, 0.1) is 0 Å². The Bertz CT molecular complexity index is 1280. The minimum absolute atomic E-state index is 0.170. The summed E-state index contributed by atoms with van der Waals surface area (Å²) in [4.78, 5) is 19.9. The van der Waals surface area contributed by atoms with Crippen molar-refractivity contribution in [1.82, 2.24) is 25.0 Å². The maximum atomic E-state index is 13.2. The zero-order chi connectivity index (χ0) is 24.9. The number of pyridine rings is 1. The van der Waals surface area contributed by atoms with Gasteiger partial charge in [-0.2, -0.15) is 5.10 Å². The first kappa shape index (κ1) is 23.9. The lowest BCUT2D eigenvalue weighted by atomic mass is 10.1. The fourth-order valence-corrected chi connectivity index (χ4v) is 4.68. The van der Waals surface area contributed by atoms with Gasteiger partial charge in [-0.05, 0) is 49.2 Å². The Hall–Kier alpha value is -3.81. The summed E-state index contributed by atoms with van der Waals surface area (Å²) in [6.45, 7) is 7.47. The number of morpholine rings is 1. The molecule has 7 heteroatoms. The Kier molecular flexibility index (Phi) is 7.21. The maximum Gasteiger partial charge on any atom is 0.255 e. The van der Waals surface area contributed by atoms with Crippen LogP contribution < -0.4 is 5.32 Å². The number of hydrogen-bond acceptors (Lipinski definition) is 5. The minimum atomic E-state index is -0.170. The fraction of sp³-hybridized carbons (Fsp3) is 0.276. The van der Waals surface area contributed by atoms with E-state index in [-0.39, 0.29) is 18.1 Å². The monoisotopic (exact) mass is 481 g/mol. The summed E-state index contributed by atoms with van der Waals surface area (Å²) in [5.74, 6) is -0.170. The van der Waals surface area contributed by atoms with E-state index >= 15 is 0 Å². The molecule has 1 saturated heterocycles. The second-order valence-corrected chi connectivity index (χ2v) is 9.36. The molecule has 36 heavy (non-hydrogen) atoms. The van der Waals surface area contributed by atoms with Gasteiger partial charge in [0.1, 0.15) is 5.69 Å². The van der Waals surface area contributed by atoms with Gasteiger partial charge < -0.3 is 10.1 Å². The average Bonchev–Trinajstić information content (AvgIpc) is 3.34. The van der Waals surface area contributed by atoms with E-state index in [0.717, 1.165) is 36.4 Å². The van der Waals surface area contributed by atoms with Gasteiger partial charge in [-0.1, -0.05) is 42.5 Å². The molecule has 1 amide bonds. The van der Waals surface area contributed by atoms with E-state index in [9.17, 15) is 4.79 Å². The van der Waals surface area contributed by atoms with E-state index in [0.29, 0.717) is 17.8 Å². The van der Waals surface area contributed by atoms with E-state index in [1.807, 2.05) is 42.5 Å². The molecule has 1 fully saturated rings. The third kappa shape index (κ3) is 5.70. The lowest BCUT2D eigenvalue weighted by Gasteiger charge is -2.35. The Labute approximate surface area is 211 Å². The van der Waals surface area contributed by atoms with E-state index < -0.39 is 0 Å². The number of ether oxygens (including phenoxy) is 1. The smallest absolute Gasteiger partial charge is 0.255 e. The molecule has 7 nitrogen and oxygen atoms in total. The average molecular weight is 482 g/mol. The minimum Gasteiger partial charge on any atom is -0.373 e. The number of rotatable bonds is 7. The molecule has 1 aliphatic heterocycles. The quantitative estimate of drug-likeness (QED) is 0.422. The van der Waals surface area contributed by atoms with Gasteiger partial charge in [0.2, 0.25) is 0 Å². The van der Waals surface area contributed by atoms with Crippen LogP contribution >= 0.6 is 0 Å². The van der Waals surface area contributed by atoms with Crippen molar-refractivity contribution < 1.29 is 9.53 Å². The zero-order valence-corrected chi connectivity index (χ0v) is 20.7. The van der Waals surface area contributed by atoms with Crippen molar-refractivity contribution in [1.29, 1.82) is 0 Å². The molecule has 0 spiro atoms. The highest BCUT2D eigenvalue weighted by molar-refractivity contribution is 5.99. The molecular formula is C29H31N5O2. The Balaban J connectivity index is 1.27. The standard InChI is InChI=1S/C29H31N5O2/c1-21-17-33(18-22(2)36-21)19-24-12-10-23(11-13-24)15-31-29(35)27-20-34(26-8-4-3-5-9-26)32-28(27)25-7-6-14-30-16-25/h3-14,16,20-22H,15,17-19H2,1-2H3,(H,31,35). The number of aromatic nitrogens is 3. The number of para-hydroxylation sites is 1. The van der Waals surface area contributed by atoms with Crippen LogP contribution in [0.1, 0.15) is 35.3 Å². The van der Waals surface area contributed by atoms with Gasteiger partial charge in [0, 0.05) is 50.3 Å². The topological polar surface area (TPSA) is 72.3 Å². The Morgan fingerprint density at radius 2 is 1.69 bits per heavy atom. The summed E-state index contributed by atoms with van der Waals surface area (Å²) in [5, 5.41) is 7.77. The van der Waals surface area contributed by atoms with E-state index in [2.05, 4.69) is 53.3 Å². The molecule has 4 aromatic rings. The molecule has 3 heterocycles. The van der Waals surface area contributed by atoms with Crippen LogP contribution in [-0.4, -0.2) is 50.9 Å². The van der Waals surface area contributed by atoms with Gasteiger partial charge in [0.15, 0.2) is 0 Å². The number of nitrogens with one attached hydrogen (secondary N) is 1. The van der Waals surface area contributed by atoms with Crippen molar-refractivity contribution >= 4 is 5.91 Å². The van der Waals surface area contributed by atoms with Crippen LogP contribution in [0.4, 0.5) is 0 Å². The highest BCUT2D eigenvalue weighted by Crippen LogP contribution is 2.23. The summed E-state index contributed by atoms with van der Waals surface area (Å²) in [6, 6.07) is 22.0. The van der Waals surface area contributed by atoms with Crippen molar-refractivity contribution in [2.75, 3.05) is 13.1 Å². The molecule has 5 rings (SSSR count). The van der Waals surface area contributed by atoms with Gasteiger partial charge in [0.05, 0.1) is 23.5 Å². The van der Waals surface area contributed by atoms with E-state index in [1.165, 1.54) is 5.56 Å². The van der Waals surface area contributed by atoms with Crippen LogP contribution in [0.5, 0.6) is 0 Å². The highest BCUT2D eigenvalue weighted by Gasteiger charge is 2.22. The van der Waals surface area contributed by atoms with Crippen LogP contribution in [-0.2, 0) is 17.8 Å². The summed E-state index contributed by atoms with van der Waals surface area (Å²) in [5.41, 5.74) is 5.12. The lowest BCUT2D eigenvalue weighted by molar-refractivity contribution is -0.0704. The number of hydrogen-bond donors (Lipinski definition) is 1. The summed E-state index contributed by atoms with van der Waals surface area (Å²) >= 11 is 0. The molecular weight excluding hydrogens is 450 g/mol. The van der Waals surface area contributed by atoms with E-state index in [4.69, 9.17) is 9.84 Å². The van der Waals surface area contributed by atoms with Crippen LogP contribution in [0.15, 0.2) is 85.3 Å². The molecule has 0 radical (unpaired) electrons. The van der Waals surface area contributed by atoms with Crippen molar-refractivity contribution in [2.24, 2.45) is 0 Å². The number of nitrogens with zero attached hydrogens (tertiary/aromatic N) is 4. The van der Waals surface area contributed by atoms with Gasteiger partial charge in [0.25, 0.3) is 5.91 Å². The van der Waals surface area contributed by atoms with Crippen molar-refractivity contribution in [3.8, 4) is 16.9 Å². The Morgan fingerprint density at radius 3 is 2.39 bits per heavy atom. The molecule has 2 atom stereocenters. The molecule has 0 saturated carbocycles. The van der Waals surface area contributed by atoms with Gasteiger partial charge >= 0.3 is 0 Å². The predicted octanol–water partition coefficient (Wildman–Crippen LogP) is 4.47. The molecule has 2 aromatic carbocycles. The second kappa shape index (κ2) is 10.8. The molecule has 2 unspecified atom stereocenters. The number of carbonyl (C=O) groups is 1. The van der Waals surface area contributed by atoms with Gasteiger partial charge in [-0.3, -0.25) is 14.7 Å². The van der Waals surface area contributed by atoms with Crippen LogP contribution in [0.25, 0.3) is 16.9 Å². The highest BCUT2D eigenvalue weighted by atomic mass is 16.5. The van der Waals surface area contributed by atoms with E-state index in [1.54, 1.807) is 23.3 Å². The molecule has 184 valence electrons. The van der Waals surface area contributed by atoms with Crippen LogP contribution in [0.2, 0.25) is 0 Å². The zero-order valence-electron chi connectivity index (χ0n) is 20.7. The van der Waals surface area contributed by atoms with Crippen LogP contribution in [0.3, 0.4) is 0 Å². The molecule has 2 aromatic heterocycles. The fourth-order valence-electron chi connectivity index (χ4n) is 4.68. The molecule has 0 bridgehead atoms. The van der Waals surface area contributed by atoms with Crippen molar-refractivity contribution in [3.63, 3.8) is 0 Å². The number of amides is 1. The summed E-state index contributed by atoms with van der Waals surface area (Å²) in [6.07, 6.45) is 5.72. The first-order chi connectivity index (χ1) is 17.5. The molecule has 0 aliphatic carbocycles. The summed E-state index contributed by atoms with van der Waals surface area (Å²) in [7, 11) is 0. The third-order valence-electron chi connectivity index (χ3n) is 6.29. The normalized spacial score (nSPS) is 18.2. The van der Waals surface area contributed by atoms with Crippen molar-refractivity contribution in [2.45, 2.75) is 39.1 Å². The van der Waals surface area contributed by atoms with Gasteiger partial charge in [-0.15, -0.1) is 0 Å². The van der Waals surface area contributed by atoms with Gasteiger partial charge in [-0.25, -0.2) is 4.68 Å². The SMILES string of the molecule is CC1CN(Cc2ccc(CNC(=O)c3cn(-c4ccccc4)nc3-c3cccnc3)cc2)CC(C)O1. The first-order valence-electron chi connectivity index (χ1n) is 12.3. The predicted molar refractivity (Wildman–Crippen MR) is 140 cm³/mol. The van der Waals surface area contributed by atoms with Crippen molar-refractivity contribution in [3.05, 3.63) is 102 Å². The molecule has 1 N–H and O–H groups in total. The largest absolute Gasteiger partial charge is 0.373 e. The second-order valence-electron chi connectivity index (χ2n) is 9.36. The summed E-state index contributed by atoms with van der Waals surface area (Å²) < 4.78 is 7.57. The first-order valence-corrected chi connectivity index (χ1v) is 12.3. The maximum absolute atomic E-state index is 13.2. The lowest BCUT2D eigenvalue weighted by Crippen LogP contribution is -2.44. The number of benzene rings is 2. The molecule has 1 aliphatic rings. The Morgan fingerprint density at radius 1 is 0.972 bits per heavy atom. The third-order valence-corrected chi connectivity index (χ3v) is 6.29.